The molecule has 0 bridgehead atoms. The maximum atomic E-state index is 14.0. The number of ether oxygens (including phenoxy) is 1. The molecule has 0 spiro atoms. The molecule has 0 fully saturated rings. The Morgan fingerprint density at radius 1 is 1.19 bits per heavy atom. The van der Waals surface area contributed by atoms with Gasteiger partial charge in [-0.2, -0.15) is 4.98 Å². The average Bonchev–Trinajstić information content (AvgIpc) is 3.16. The van der Waals surface area contributed by atoms with Crippen LogP contribution in [0.4, 0.5) is 23.2 Å². The Kier molecular flexibility index (Phi) is 6.27. The van der Waals surface area contributed by atoms with Gasteiger partial charge in [-0.3, -0.25) is 14.2 Å². The van der Waals surface area contributed by atoms with Crippen LogP contribution in [0.5, 0.6) is 0 Å². The number of benzene rings is 1. The molecule has 0 radical (unpaired) electrons. The first kappa shape index (κ1) is 22.9. The van der Waals surface area contributed by atoms with Crippen molar-refractivity contribution in [1.82, 2.24) is 14.7 Å². The molecule has 1 atom stereocenters. The number of amides is 1. The average molecular weight is 456 g/mol. The van der Waals surface area contributed by atoms with Crippen LogP contribution in [0.15, 0.2) is 15.4 Å². The summed E-state index contributed by atoms with van der Waals surface area (Å²) in [4.78, 5) is 41.9. The van der Waals surface area contributed by atoms with Gasteiger partial charge < -0.3 is 14.6 Å². The van der Waals surface area contributed by atoms with Crippen molar-refractivity contribution in [3.05, 3.63) is 51.2 Å². The van der Waals surface area contributed by atoms with E-state index >= 15 is 0 Å². The van der Waals surface area contributed by atoms with Crippen molar-refractivity contribution in [2.75, 3.05) is 11.9 Å². The third-order valence-electron chi connectivity index (χ3n) is 4.55. The summed E-state index contributed by atoms with van der Waals surface area (Å²) in [6.07, 6.45) is -0.0964. The van der Waals surface area contributed by atoms with E-state index in [9.17, 15) is 31.9 Å². The van der Waals surface area contributed by atoms with Gasteiger partial charge in [0, 0.05) is 6.07 Å². The number of nitrogens with one attached hydrogen (secondary N) is 1. The summed E-state index contributed by atoms with van der Waals surface area (Å²) in [5.41, 5.74) is -3.01. The molecular formula is C19H16F4N4O5. The number of halogens is 4. The van der Waals surface area contributed by atoms with Crippen LogP contribution in [0.3, 0.4) is 0 Å². The van der Waals surface area contributed by atoms with E-state index in [1.54, 1.807) is 5.32 Å². The van der Waals surface area contributed by atoms with Crippen molar-refractivity contribution < 1.29 is 36.4 Å². The quantitative estimate of drug-likeness (QED) is 0.344. The standard InChI is InChI=1S/C19H16F4N4O5/c1-4-10(16(28)25-15-12(22)8(20)6-9(21)13(15)23)27-7(3)24-17-11(18(27)29)14(26-32-17)19(30)31-5-2/h6,10H,4-5H2,1-3H3,(H,25,28)/t10-/m0/s1. The lowest BCUT2D eigenvalue weighted by Crippen LogP contribution is -2.36. The minimum atomic E-state index is -1.81. The van der Waals surface area contributed by atoms with Gasteiger partial charge >= 0.3 is 5.97 Å². The fourth-order valence-electron chi connectivity index (χ4n) is 3.10. The van der Waals surface area contributed by atoms with Gasteiger partial charge in [0.25, 0.3) is 11.3 Å². The van der Waals surface area contributed by atoms with Crippen LogP contribution in [-0.2, 0) is 9.53 Å². The number of anilines is 1. The fourth-order valence-corrected chi connectivity index (χ4v) is 3.10. The Morgan fingerprint density at radius 2 is 1.81 bits per heavy atom. The second-order valence-corrected chi connectivity index (χ2v) is 6.52. The van der Waals surface area contributed by atoms with E-state index in [1.807, 2.05) is 0 Å². The zero-order chi connectivity index (χ0) is 23.7. The normalized spacial score (nSPS) is 12.1. The molecule has 32 heavy (non-hydrogen) atoms. The van der Waals surface area contributed by atoms with E-state index in [0.717, 1.165) is 4.57 Å². The monoisotopic (exact) mass is 456 g/mol. The lowest BCUT2D eigenvalue weighted by molar-refractivity contribution is -0.119. The van der Waals surface area contributed by atoms with Crippen LogP contribution < -0.4 is 10.9 Å². The van der Waals surface area contributed by atoms with Gasteiger partial charge in [0.15, 0.2) is 23.3 Å². The number of hydrogen-bond acceptors (Lipinski definition) is 7. The third-order valence-corrected chi connectivity index (χ3v) is 4.55. The van der Waals surface area contributed by atoms with Crippen molar-refractivity contribution in [3.63, 3.8) is 0 Å². The number of rotatable bonds is 6. The summed E-state index contributed by atoms with van der Waals surface area (Å²) in [6, 6.07) is -1.43. The SMILES string of the molecule is CCOC(=O)c1noc2nc(C)n([C@@H](CC)C(=O)Nc3c(F)c(F)cc(F)c3F)c(=O)c12. The molecule has 0 saturated heterocycles. The van der Waals surface area contributed by atoms with E-state index in [1.165, 1.54) is 20.8 Å². The minimum Gasteiger partial charge on any atom is -0.461 e. The largest absolute Gasteiger partial charge is 0.461 e. The molecule has 3 rings (SSSR count). The fraction of sp³-hybridized carbons (Fsp3) is 0.316. The Bertz CT molecular complexity index is 1260. The summed E-state index contributed by atoms with van der Waals surface area (Å²) in [6.45, 7) is 4.33. The molecular weight excluding hydrogens is 440 g/mol. The van der Waals surface area contributed by atoms with Crippen molar-refractivity contribution in [3.8, 4) is 0 Å². The predicted octanol–water partition coefficient (Wildman–Crippen LogP) is 3.02. The zero-order valence-electron chi connectivity index (χ0n) is 17.0. The van der Waals surface area contributed by atoms with Crippen molar-refractivity contribution >= 4 is 28.7 Å². The Labute approximate surface area is 177 Å². The van der Waals surface area contributed by atoms with Crippen molar-refractivity contribution in [1.29, 1.82) is 0 Å². The van der Waals surface area contributed by atoms with Crippen LogP contribution in [0.25, 0.3) is 11.1 Å². The van der Waals surface area contributed by atoms with Crippen molar-refractivity contribution in [2.24, 2.45) is 0 Å². The lowest BCUT2D eigenvalue weighted by atomic mass is 10.1. The zero-order valence-corrected chi connectivity index (χ0v) is 17.0. The number of nitrogens with zero attached hydrogens (tertiary/aromatic N) is 3. The number of esters is 1. The Hall–Kier alpha value is -3.77. The number of aromatic nitrogens is 3. The molecule has 170 valence electrons. The molecule has 1 N–H and O–H groups in total. The highest BCUT2D eigenvalue weighted by molar-refractivity contribution is 6.00. The molecule has 1 aromatic carbocycles. The minimum absolute atomic E-state index is 0.00701. The van der Waals surface area contributed by atoms with Gasteiger partial charge in [-0.25, -0.2) is 22.4 Å². The van der Waals surface area contributed by atoms with Gasteiger partial charge in [0.1, 0.15) is 22.9 Å². The van der Waals surface area contributed by atoms with Gasteiger partial charge in [0.2, 0.25) is 11.6 Å². The highest BCUT2D eigenvalue weighted by Crippen LogP contribution is 2.26. The third kappa shape index (κ3) is 3.81. The molecule has 0 saturated carbocycles. The van der Waals surface area contributed by atoms with E-state index in [0.29, 0.717) is 0 Å². The van der Waals surface area contributed by atoms with Crippen LogP contribution in [0.2, 0.25) is 0 Å². The molecule has 0 unspecified atom stereocenters. The maximum Gasteiger partial charge on any atom is 0.361 e. The van der Waals surface area contributed by atoms with Gasteiger partial charge in [-0.1, -0.05) is 12.1 Å². The summed E-state index contributed by atoms with van der Waals surface area (Å²) in [5, 5.41) is 4.90. The molecule has 1 amide bonds. The van der Waals surface area contributed by atoms with Crippen LogP contribution in [0, 0.1) is 30.2 Å². The molecule has 0 aliphatic rings. The van der Waals surface area contributed by atoms with Gasteiger partial charge in [-0.15, -0.1) is 0 Å². The van der Waals surface area contributed by atoms with Gasteiger partial charge in [-0.05, 0) is 20.3 Å². The highest BCUT2D eigenvalue weighted by Gasteiger charge is 2.30. The number of carbonyl (C=O) groups is 2. The second-order valence-electron chi connectivity index (χ2n) is 6.52. The summed E-state index contributed by atoms with van der Waals surface area (Å²) in [7, 11) is 0. The Balaban J connectivity index is 2.10. The number of carbonyl (C=O) groups excluding carboxylic acids is 2. The first-order chi connectivity index (χ1) is 15.1. The number of aryl methyl sites for hydroxylation is 1. The predicted molar refractivity (Wildman–Crippen MR) is 101 cm³/mol. The molecule has 3 aromatic rings. The molecule has 0 aliphatic carbocycles. The number of fused-ring (bicyclic) bond motifs is 1. The van der Waals surface area contributed by atoms with E-state index in [-0.39, 0.29) is 36.0 Å². The van der Waals surface area contributed by atoms with E-state index in [2.05, 4.69) is 10.1 Å². The summed E-state index contributed by atoms with van der Waals surface area (Å²) >= 11 is 0. The molecule has 2 aromatic heterocycles. The van der Waals surface area contributed by atoms with E-state index < -0.39 is 58.1 Å². The van der Waals surface area contributed by atoms with Crippen LogP contribution in [0.1, 0.15) is 42.6 Å². The lowest BCUT2D eigenvalue weighted by Gasteiger charge is -2.20. The van der Waals surface area contributed by atoms with Crippen LogP contribution >= 0.6 is 0 Å². The maximum absolute atomic E-state index is 14.0. The molecule has 13 heteroatoms. The summed E-state index contributed by atoms with van der Waals surface area (Å²) in [5.74, 6) is -9.23. The topological polar surface area (TPSA) is 116 Å². The van der Waals surface area contributed by atoms with Crippen molar-refractivity contribution in [2.45, 2.75) is 33.2 Å². The van der Waals surface area contributed by atoms with Crippen LogP contribution in [-0.4, -0.2) is 33.2 Å². The smallest absolute Gasteiger partial charge is 0.361 e. The second kappa shape index (κ2) is 8.77. The Morgan fingerprint density at radius 3 is 2.38 bits per heavy atom. The summed E-state index contributed by atoms with van der Waals surface area (Å²) < 4.78 is 65.4. The molecule has 0 aliphatic heterocycles. The molecule has 2 heterocycles. The first-order valence-electron chi connectivity index (χ1n) is 9.31. The highest BCUT2D eigenvalue weighted by atomic mass is 19.2. The van der Waals surface area contributed by atoms with Gasteiger partial charge in [0.05, 0.1) is 6.61 Å². The number of hydrogen-bond donors (Lipinski definition) is 1. The molecule has 9 nitrogen and oxygen atoms in total. The first-order valence-corrected chi connectivity index (χ1v) is 9.31. The van der Waals surface area contributed by atoms with E-state index in [4.69, 9.17) is 9.26 Å².